The van der Waals surface area contributed by atoms with Gasteiger partial charge in [0.1, 0.15) is 10.5 Å². The van der Waals surface area contributed by atoms with Crippen LogP contribution in [0.2, 0.25) is 0 Å². The molecule has 0 aliphatic heterocycles. The third-order valence-corrected chi connectivity index (χ3v) is 5.02. The van der Waals surface area contributed by atoms with Crippen molar-refractivity contribution >= 4 is 28.9 Å². The molecule has 0 bridgehead atoms. The van der Waals surface area contributed by atoms with E-state index in [0.717, 1.165) is 28.2 Å². The summed E-state index contributed by atoms with van der Waals surface area (Å²) < 4.78 is 5.87. The van der Waals surface area contributed by atoms with Gasteiger partial charge in [0.05, 0.1) is 0 Å². The summed E-state index contributed by atoms with van der Waals surface area (Å²) in [6, 6.07) is 10.6. The van der Waals surface area contributed by atoms with Crippen LogP contribution in [0.5, 0.6) is 0 Å². The number of aryl methyl sites for hydroxylation is 2. The minimum Gasteiger partial charge on any atom is -0.424 e. The van der Waals surface area contributed by atoms with Gasteiger partial charge in [-0.25, -0.2) is 4.98 Å². The Balaban J connectivity index is 1.86. The molecule has 0 atom stereocenters. The number of pyridine rings is 1. The third kappa shape index (κ3) is 4.34. The molecule has 1 aromatic carbocycles. The summed E-state index contributed by atoms with van der Waals surface area (Å²) in [5.41, 5.74) is 5.24. The Morgan fingerprint density at radius 2 is 1.88 bits per heavy atom. The van der Waals surface area contributed by atoms with E-state index >= 15 is 0 Å². The van der Waals surface area contributed by atoms with Crippen molar-refractivity contribution < 1.29 is 4.42 Å². The molecule has 1 N–H and O–H groups in total. The van der Waals surface area contributed by atoms with Crippen LogP contribution in [0.15, 0.2) is 39.8 Å². The molecule has 0 amide bonds. The van der Waals surface area contributed by atoms with Crippen molar-refractivity contribution in [2.24, 2.45) is 0 Å². The predicted molar refractivity (Wildman–Crippen MR) is 105 cm³/mol. The normalized spacial score (nSPS) is 11.9. The molecule has 0 saturated carbocycles. The number of fused-ring (bicyclic) bond motifs is 1. The summed E-state index contributed by atoms with van der Waals surface area (Å²) >= 11 is 1.80. The molecule has 25 heavy (non-hydrogen) atoms. The van der Waals surface area contributed by atoms with Gasteiger partial charge in [0.15, 0.2) is 5.58 Å². The van der Waals surface area contributed by atoms with Crippen molar-refractivity contribution in [3.63, 3.8) is 0 Å². The molecular weight excluding hydrogens is 330 g/mol. The molecule has 132 valence electrons. The van der Waals surface area contributed by atoms with E-state index in [2.05, 4.69) is 51.0 Å². The lowest BCUT2D eigenvalue weighted by molar-refractivity contribution is 0.613. The van der Waals surface area contributed by atoms with E-state index < -0.39 is 0 Å². The molecule has 5 heteroatoms. The quantitative estimate of drug-likeness (QED) is 0.604. The van der Waals surface area contributed by atoms with Crippen LogP contribution >= 0.6 is 11.8 Å². The molecule has 2 heterocycles. The van der Waals surface area contributed by atoms with Gasteiger partial charge in [0.2, 0.25) is 0 Å². The lowest BCUT2D eigenvalue weighted by Gasteiger charge is -2.20. The maximum Gasteiger partial charge on any atom is 0.295 e. The second kappa shape index (κ2) is 7.08. The van der Waals surface area contributed by atoms with Crippen LogP contribution in [-0.4, -0.2) is 14.7 Å². The van der Waals surface area contributed by atoms with Gasteiger partial charge in [-0.3, -0.25) is 0 Å². The Labute approximate surface area is 153 Å². The lowest BCUT2D eigenvalue weighted by atomic mass is 10.1. The van der Waals surface area contributed by atoms with Gasteiger partial charge in [0, 0.05) is 22.5 Å². The van der Waals surface area contributed by atoms with E-state index in [0.29, 0.717) is 12.6 Å². The first kappa shape index (κ1) is 17.8. The van der Waals surface area contributed by atoms with Crippen molar-refractivity contribution in [2.75, 3.05) is 5.32 Å². The number of para-hydroxylation sites is 2. The topological polar surface area (TPSA) is 51.0 Å². The largest absolute Gasteiger partial charge is 0.424 e. The molecule has 3 aromatic rings. The second-order valence-electron chi connectivity index (χ2n) is 7.11. The standard InChI is InChI=1S/C20H25N3OS/c1-6-14-11-15(18(22-13(14)2)25-20(3,4)5)12-21-19-23-16-9-7-8-10-17(16)24-19/h7-11H,6,12H2,1-5H3,(H,21,23). The number of thioether (sulfide) groups is 1. The number of anilines is 1. The number of oxazole rings is 1. The van der Waals surface area contributed by atoms with Crippen molar-refractivity contribution in [3.8, 4) is 0 Å². The van der Waals surface area contributed by atoms with Crippen LogP contribution in [0.25, 0.3) is 11.1 Å². The Morgan fingerprint density at radius 3 is 2.56 bits per heavy atom. The molecule has 0 aliphatic rings. The highest BCUT2D eigenvalue weighted by molar-refractivity contribution is 8.00. The summed E-state index contributed by atoms with van der Waals surface area (Å²) in [7, 11) is 0. The summed E-state index contributed by atoms with van der Waals surface area (Å²) in [5.74, 6) is 0. The Morgan fingerprint density at radius 1 is 1.12 bits per heavy atom. The van der Waals surface area contributed by atoms with Gasteiger partial charge >= 0.3 is 0 Å². The highest BCUT2D eigenvalue weighted by atomic mass is 32.2. The molecule has 0 radical (unpaired) electrons. The molecule has 3 rings (SSSR count). The summed E-state index contributed by atoms with van der Waals surface area (Å²) in [6.45, 7) is 11.5. The summed E-state index contributed by atoms with van der Waals surface area (Å²) in [4.78, 5) is 9.34. The van der Waals surface area contributed by atoms with Crippen LogP contribution in [0, 0.1) is 6.92 Å². The molecule has 0 unspecified atom stereocenters. The van der Waals surface area contributed by atoms with E-state index in [1.54, 1.807) is 11.8 Å². The van der Waals surface area contributed by atoms with Crippen molar-refractivity contribution in [1.29, 1.82) is 0 Å². The molecule has 2 aromatic heterocycles. The predicted octanol–water partition coefficient (Wildman–Crippen LogP) is 5.60. The van der Waals surface area contributed by atoms with Gasteiger partial charge in [-0.2, -0.15) is 4.98 Å². The number of nitrogens with zero attached hydrogens (tertiary/aromatic N) is 2. The molecule has 4 nitrogen and oxygen atoms in total. The fraction of sp³-hybridized carbons (Fsp3) is 0.400. The van der Waals surface area contributed by atoms with E-state index in [1.165, 1.54) is 11.1 Å². The average molecular weight is 356 g/mol. The third-order valence-electron chi connectivity index (χ3n) is 3.86. The molecule has 0 saturated heterocycles. The van der Waals surface area contributed by atoms with Crippen LogP contribution < -0.4 is 5.32 Å². The Hall–Kier alpha value is -2.01. The van der Waals surface area contributed by atoms with E-state index in [4.69, 9.17) is 9.40 Å². The highest BCUT2D eigenvalue weighted by Gasteiger charge is 2.18. The monoisotopic (exact) mass is 355 g/mol. The Bertz CT molecular complexity index is 847. The fourth-order valence-electron chi connectivity index (χ4n) is 2.65. The maximum absolute atomic E-state index is 5.76. The number of hydrogen-bond donors (Lipinski definition) is 1. The molecule has 0 aliphatic carbocycles. The van der Waals surface area contributed by atoms with Crippen molar-refractivity contribution in [3.05, 3.63) is 47.2 Å². The molecule has 0 fully saturated rings. The minimum atomic E-state index is 0.111. The van der Waals surface area contributed by atoms with Gasteiger partial charge < -0.3 is 9.73 Å². The van der Waals surface area contributed by atoms with Gasteiger partial charge in [-0.15, -0.1) is 11.8 Å². The maximum atomic E-state index is 5.76. The average Bonchev–Trinajstić information content (AvgIpc) is 2.95. The first-order valence-electron chi connectivity index (χ1n) is 8.63. The first-order valence-corrected chi connectivity index (χ1v) is 9.45. The zero-order chi connectivity index (χ0) is 18.0. The van der Waals surface area contributed by atoms with Gasteiger partial charge in [0.25, 0.3) is 6.01 Å². The minimum absolute atomic E-state index is 0.111. The van der Waals surface area contributed by atoms with Gasteiger partial charge in [-0.1, -0.05) is 39.8 Å². The number of nitrogens with one attached hydrogen (secondary N) is 1. The zero-order valence-electron chi connectivity index (χ0n) is 15.5. The van der Waals surface area contributed by atoms with Crippen LogP contribution in [-0.2, 0) is 13.0 Å². The number of aromatic nitrogens is 2. The first-order chi connectivity index (χ1) is 11.9. The number of benzene rings is 1. The van der Waals surface area contributed by atoms with Gasteiger partial charge in [-0.05, 0) is 37.1 Å². The molecular formula is C20H25N3OS. The second-order valence-corrected chi connectivity index (χ2v) is 8.92. The van der Waals surface area contributed by atoms with E-state index in [-0.39, 0.29) is 4.75 Å². The summed E-state index contributed by atoms with van der Waals surface area (Å²) in [6.07, 6.45) is 0.981. The smallest absolute Gasteiger partial charge is 0.295 e. The van der Waals surface area contributed by atoms with Crippen LogP contribution in [0.3, 0.4) is 0 Å². The lowest BCUT2D eigenvalue weighted by Crippen LogP contribution is -2.11. The SMILES string of the molecule is CCc1cc(CNc2nc3ccccc3o2)c(SC(C)(C)C)nc1C. The van der Waals surface area contributed by atoms with Crippen LogP contribution in [0.1, 0.15) is 44.5 Å². The number of rotatable bonds is 5. The van der Waals surface area contributed by atoms with E-state index in [1.807, 2.05) is 24.3 Å². The van der Waals surface area contributed by atoms with E-state index in [9.17, 15) is 0 Å². The zero-order valence-corrected chi connectivity index (χ0v) is 16.3. The van der Waals surface area contributed by atoms with Crippen molar-refractivity contribution in [2.45, 2.75) is 57.4 Å². The van der Waals surface area contributed by atoms with Crippen molar-refractivity contribution in [1.82, 2.24) is 9.97 Å². The fourth-order valence-corrected chi connectivity index (χ4v) is 3.68. The Kier molecular flexibility index (Phi) is 5.04. The van der Waals surface area contributed by atoms with Crippen LogP contribution in [0.4, 0.5) is 6.01 Å². The summed E-state index contributed by atoms with van der Waals surface area (Å²) in [5, 5.41) is 4.39. The highest BCUT2D eigenvalue weighted by Crippen LogP contribution is 2.34. The number of hydrogen-bond acceptors (Lipinski definition) is 5. The molecule has 0 spiro atoms.